The van der Waals surface area contributed by atoms with Gasteiger partial charge >= 0.3 is 17.7 Å². The van der Waals surface area contributed by atoms with Crippen LogP contribution in [-0.2, 0) is 28.6 Å². The van der Waals surface area contributed by atoms with Crippen LogP contribution in [0.2, 0.25) is 0 Å². The van der Waals surface area contributed by atoms with Gasteiger partial charge in [0.25, 0.3) is 17.2 Å². The number of aromatic carboxylic acids is 1. The highest BCUT2D eigenvalue weighted by Crippen LogP contribution is 2.50. The van der Waals surface area contributed by atoms with E-state index in [0.29, 0.717) is 29.6 Å². The summed E-state index contributed by atoms with van der Waals surface area (Å²) in [6.45, 7) is 14.5. The number of hydrogen-bond donors (Lipinski definition) is 6. The molecule has 2 aliphatic carbocycles. The van der Waals surface area contributed by atoms with Crippen LogP contribution in [0, 0.1) is 49.3 Å². The number of pyridine rings is 2. The van der Waals surface area contributed by atoms with Crippen LogP contribution in [0.1, 0.15) is 145 Å². The molecule has 10 rings (SSSR count). The summed E-state index contributed by atoms with van der Waals surface area (Å²) in [4.78, 5) is 114. The van der Waals surface area contributed by atoms with Crippen molar-refractivity contribution >= 4 is 52.3 Å². The molecule has 21 nitrogen and oxygen atoms in total. The molecule has 0 radical (unpaired) electrons. The molecule has 6 N–H and O–H groups in total. The number of aromatic nitrogens is 1. The first-order valence-corrected chi connectivity index (χ1v) is 28.2. The maximum absolute atomic E-state index is 16.1. The number of nitrogens with zero attached hydrogens (tertiary/aromatic N) is 3. The molecule has 2 aromatic heterocycles. The third-order valence-corrected chi connectivity index (χ3v) is 17.7. The van der Waals surface area contributed by atoms with Gasteiger partial charge in [0, 0.05) is 93.9 Å². The molecule has 10 atom stereocenters. The number of likely N-dealkylation sites (tertiary alicyclic amines) is 1. The maximum Gasteiger partial charge on any atom is 0.341 e. The number of aromatic hydroxyl groups is 1. The second-order valence-electron chi connectivity index (χ2n) is 23.3. The number of ketones is 3. The number of carbonyl (C=O) groups excluding carboxylic acids is 6. The lowest BCUT2D eigenvalue weighted by molar-refractivity contribution is -0.160. The van der Waals surface area contributed by atoms with E-state index < -0.39 is 141 Å². The quantitative estimate of drug-likeness (QED) is 0.147. The number of aliphatic hydroxyl groups is 2. The van der Waals surface area contributed by atoms with Crippen molar-refractivity contribution in [3.05, 3.63) is 115 Å². The average Bonchev–Trinajstić information content (AvgIpc) is 2.31. The van der Waals surface area contributed by atoms with Crippen LogP contribution in [-0.4, -0.2) is 140 Å². The van der Waals surface area contributed by atoms with Crippen LogP contribution < -0.4 is 25.8 Å². The molecule has 1 saturated carbocycles. The minimum absolute atomic E-state index is 0.0168. The molecule has 2 saturated heterocycles. The highest BCUT2D eigenvalue weighted by atomic mass is 19.1. The van der Waals surface area contributed by atoms with Crippen molar-refractivity contribution in [1.82, 2.24) is 19.9 Å². The van der Waals surface area contributed by atoms with Gasteiger partial charge in [0.1, 0.15) is 34.6 Å². The van der Waals surface area contributed by atoms with Gasteiger partial charge in [0.05, 0.1) is 58.7 Å². The Labute approximate surface area is 478 Å². The average molecular weight is 1150 g/mol. The van der Waals surface area contributed by atoms with E-state index in [9.17, 15) is 49.2 Å². The Morgan fingerprint density at radius 3 is 2.17 bits per heavy atom. The number of piperidine rings is 1. The van der Waals surface area contributed by atoms with E-state index in [1.165, 1.54) is 59.1 Å². The van der Waals surface area contributed by atoms with Gasteiger partial charge in [-0.25, -0.2) is 9.18 Å². The number of aryl methyl sites for hydroxylation is 1. The highest BCUT2D eigenvalue weighted by Gasteiger charge is 2.53. The number of hydrogen-bond acceptors (Lipinski definition) is 17. The number of aliphatic hydroxyl groups excluding tert-OH is 2. The second-order valence-corrected chi connectivity index (χ2v) is 23.3. The fraction of sp³-hybridized carbons (Fsp3) is 0.508. The van der Waals surface area contributed by atoms with Gasteiger partial charge in [0.15, 0.2) is 5.82 Å². The van der Waals surface area contributed by atoms with Gasteiger partial charge < -0.3 is 59.8 Å². The molecule has 22 heteroatoms. The molecule has 2 amide bonds. The number of phenolic OH excluding ortho intramolecular Hbond substituents is 1. The molecular formula is C61H72FN5O16. The van der Waals surface area contributed by atoms with Crippen molar-refractivity contribution in [2.45, 2.75) is 137 Å². The number of amides is 2. The van der Waals surface area contributed by atoms with Gasteiger partial charge in [-0.1, -0.05) is 45.9 Å². The number of allylic oxidation sites excluding steroid dienone is 4. The summed E-state index contributed by atoms with van der Waals surface area (Å²) in [5, 5.41) is 50.5. The fourth-order valence-corrected chi connectivity index (χ4v) is 12.6. The number of carboxylic acid groups (broad SMARTS) is 1. The zero-order chi connectivity index (χ0) is 60.4. The number of methoxy groups -OCH3 is 1. The largest absolute Gasteiger partial charge is 0.507 e. The first-order valence-electron chi connectivity index (χ1n) is 28.2. The lowest BCUT2D eigenvalue weighted by Gasteiger charge is -2.38. The third-order valence-electron chi connectivity index (χ3n) is 17.7. The van der Waals surface area contributed by atoms with Gasteiger partial charge in [-0.2, -0.15) is 0 Å². The minimum Gasteiger partial charge on any atom is -0.507 e. The number of ether oxygens (including phenoxy) is 4. The Morgan fingerprint density at radius 2 is 1.53 bits per heavy atom. The molecule has 3 fully saturated rings. The zero-order valence-electron chi connectivity index (χ0n) is 48.2. The number of fused-ring (bicyclic) bond motifs is 15. The Balaban J connectivity index is 1.00. The molecule has 1 unspecified atom stereocenters. The van der Waals surface area contributed by atoms with Crippen LogP contribution in [0.15, 0.2) is 64.6 Å². The molecule has 7 aliphatic rings. The smallest absolute Gasteiger partial charge is 0.341 e. The zero-order valence-corrected chi connectivity index (χ0v) is 48.2. The van der Waals surface area contributed by atoms with Crippen LogP contribution in [0.25, 0.3) is 5.52 Å². The van der Waals surface area contributed by atoms with E-state index in [-0.39, 0.29) is 78.1 Å². The number of halogens is 1. The minimum atomic E-state index is -2.18. The highest BCUT2D eigenvalue weighted by molar-refractivity contribution is 6.32. The van der Waals surface area contributed by atoms with Gasteiger partial charge in [-0.05, 0) is 82.1 Å². The number of rotatable bonds is 8. The van der Waals surface area contributed by atoms with Crippen molar-refractivity contribution in [2.75, 3.05) is 38.2 Å². The number of anilines is 1. The van der Waals surface area contributed by atoms with Crippen molar-refractivity contribution < 1.29 is 77.3 Å². The summed E-state index contributed by atoms with van der Waals surface area (Å²) in [5.74, 6) is -13.0. The van der Waals surface area contributed by atoms with E-state index in [1.807, 2.05) is 0 Å². The molecule has 5 aliphatic heterocycles. The summed E-state index contributed by atoms with van der Waals surface area (Å²) in [6.07, 6.45) is 6.46. The first-order chi connectivity index (χ1) is 39.2. The van der Waals surface area contributed by atoms with Crippen LogP contribution >= 0.6 is 0 Å². The summed E-state index contributed by atoms with van der Waals surface area (Å²) < 4.78 is 40.9. The van der Waals surface area contributed by atoms with E-state index in [0.717, 1.165) is 29.7 Å². The normalized spacial score (nSPS) is 28.3. The van der Waals surface area contributed by atoms with E-state index in [2.05, 4.69) is 10.6 Å². The third kappa shape index (κ3) is 11.0. The number of Topliss-reactive ketones (excluding diaryl/α,β-unsaturated/α-hetero) is 3. The van der Waals surface area contributed by atoms with Crippen LogP contribution in [0.4, 0.5) is 10.1 Å². The predicted octanol–water partition coefficient (Wildman–Crippen LogP) is 5.70. The summed E-state index contributed by atoms with van der Waals surface area (Å²) >= 11 is 0. The molecule has 7 heterocycles. The number of carbonyl (C=O) groups is 7. The molecule has 83 heavy (non-hydrogen) atoms. The number of phenols is 1. The lowest BCUT2D eigenvalue weighted by Crippen LogP contribution is -2.47. The molecule has 0 spiro atoms. The van der Waals surface area contributed by atoms with Crippen LogP contribution in [0.3, 0.4) is 0 Å². The maximum atomic E-state index is 16.1. The van der Waals surface area contributed by atoms with E-state index in [1.54, 1.807) is 50.5 Å². The fourth-order valence-electron chi connectivity index (χ4n) is 12.6. The standard InChI is InChI=1S/C61H72FN5O16/c1-27-12-11-13-28(2)57(75)64-45-48(65-20-16-36(17-21-65)58(76)63-37-18-22-66(25-37)47-30(4)46-38(35-14-15-35)24-39(60(78)79)59(77)67(46)26-40(47)62)53(73)42-43(52(45)72)51(71)33(7)55-44(42)56(74)61(9,83-55)81-23-19-41(80-10)29(3)54(82-34(8)68)32(6)50(70)31(5)49(27)69/h11-13,19,23-24,26-27,29,31-32,35-37,41,49-50,54,69-71H,14-18,20-22,25H2,1-10H3,(H,63,76)(H,64,75)(H,78,79)/t27-,29+,31+,32+,37?,41-,49-,50+,54+,61-/m0/s1. The SMILES string of the molecule is CO[C@H]1C=CO[C@@]2(C)Oc3c(C)c(O)c4c(c3C2=O)C(=O)C(N2CCC(C(=O)NC3CCN(c5c(F)cn6c(=O)c(C(=O)O)cc(C7CC7)c6c5C)C3)CC2)=C(NC(=O)C(C)=CC=C[C@H](C)[C@H](O)[C@@H](C)[C@@H](O)[C@@H](C)[C@H](OC(C)=O)[C@@H]1C)C4=O. The van der Waals surface area contributed by atoms with Gasteiger partial charge in [-0.3, -0.25) is 38.0 Å². The summed E-state index contributed by atoms with van der Waals surface area (Å²) in [7, 11) is 1.40. The van der Waals surface area contributed by atoms with Crippen LogP contribution in [0.5, 0.6) is 11.5 Å². The van der Waals surface area contributed by atoms with Gasteiger partial charge in [0.2, 0.25) is 17.5 Å². The summed E-state index contributed by atoms with van der Waals surface area (Å²) in [6, 6.07) is 0.988. The molecular weight excluding hydrogens is 1080 g/mol. The van der Waals surface area contributed by atoms with E-state index >= 15 is 14.0 Å². The van der Waals surface area contributed by atoms with Crippen molar-refractivity contribution in [1.29, 1.82) is 0 Å². The Kier molecular flexibility index (Phi) is 16.7. The predicted molar refractivity (Wildman–Crippen MR) is 299 cm³/mol. The Hall–Kier alpha value is -7.69. The Morgan fingerprint density at radius 1 is 0.855 bits per heavy atom. The number of nitrogens with one attached hydrogen (secondary N) is 2. The van der Waals surface area contributed by atoms with Crippen molar-refractivity contribution in [2.24, 2.45) is 29.6 Å². The van der Waals surface area contributed by atoms with Gasteiger partial charge in [-0.15, -0.1) is 0 Å². The Bertz CT molecular complexity index is 3420. The first kappa shape index (κ1) is 59.9. The molecule has 1 aromatic carbocycles. The van der Waals surface area contributed by atoms with E-state index in [4.69, 9.17) is 18.9 Å². The monoisotopic (exact) mass is 1150 g/mol. The molecule has 444 valence electrons. The number of carboxylic acids is 1. The van der Waals surface area contributed by atoms with Crippen molar-refractivity contribution in [3.63, 3.8) is 0 Å². The number of esters is 1. The second kappa shape index (κ2) is 23.2. The topological polar surface area (TPSA) is 289 Å². The summed E-state index contributed by atoms with van der Waals surface area (Å²) in [5.41, 5.74) is -1.51. The van der Waals surface area contributed by atoms with Crippen molar-refractivity contribution in [3.8, 4) is 11.5 Å². The molecule has 3 aromatic rings. The molecule has 5 bridgehead atoms. The lowest BCUT2D eigenvalue weighted by atomic mass is 9.78. The number of benzene rings is 1.